The minimum atomic E-state index is -0.840. The number of ether oxygens (including phenoxy) is 3. The number of hydrogen-bond donors (Lipinski definition) is 6. The van der Waals surface area contributed by atoms with E-state index in [-0.39, 0.29) is 18.9 Å². The van der Waals surface area contributed by atoms with Gasteiger partial charge in [-0.15, -0.1) is 10.2 Å². The van der Waals surface area contributed by atoms with E-state index in [1.54, 1.807) is 58.4 Å². The number of alkyl carbamates (subject to hydrolysis) is 1. The highest BCUT2D eigenvalue weighted by Gasteiger charge is 2.20. The van der Waals surface area contributed by atoms with Crippen molar-refractivity contribution in [2.75, 3.05) is 115 Å². The summed E-state index contributed by atoms with van der Waals surface area (Å²) in [6.07, 6.45) is 13.3. The standard InChI is InChI=1S/C31H43N11O5.C26H35N11O3/c1-31(2,3)47-30(45)32-11-5-12-39-13-15-40(16-14-39)17-18-41-22-23(20-34-41)35-29-33-21-26-28(36-29)42(38-37-26)24-7-9-25(10-8-24)46-19-4-6-27(43)44;27-8-2-9-34-10-12-35(13-11-34)14-15-36-19-20(17-29-36)30-26-28-18-23-25(31-26)37(33-32-23)21-4-6-22(7-5-21)40-16-1-3-24(38)39/h7-10,20-22H,4-6,11-19H2,1-3H3,(H,32,45)(H,43,44)(H,33,35,36);4-7,17-19H,1-3,8-16,27H2,(H,38,39)(H,28,30,31). The van der Waals surface area contributed by atoms with E-state index in [1.165, 1.54) is 0 Å². The predicted octanol–water partition coefficient (Wildman–Crippen LogP) is 4.29. The lowest BCUT2D eigenvalue weighted by Gasteiger charge is -2.34. The van der Waals surface area contributed by atoms with Crippen LogP contribution >= 0.6 is 0 Å². The third-order valence-electron chi connectivity index (χ3n) is 14.2. The summed E-state index contributed by atoms with van der Waals surface area (Å²) >= 11 is 0. The van der Waals surface area contributed by atoms with Gasteiger partial charge in [-0.1, -0.05) is 10.4 Å². The van der Waals surface area contributed by atoms with E-state index in [2.05, 4.69) is 86.3 Å². The first-order chi connectivity index (χ1) is 42.2. The Morgan fingerprint density at radius 1 is 0.563 bits per heavy atom. The van der Waals surface area contributed by atoms with Gasteiger partial charge < -0.3 is 55.9 Å². The molecule has 6 aromatic heterocycles. The normalized spacial score (nSPS) is 14.4. The van der Waals surface area contributed by atoms with Crippen LogP contribution < -0.4 is 31.2 Å². The maximum Gasteiger partial charge on any atom is 0.407 e. The van der Waals surface area contributed by atoms with Crippen LogP contribution in [0.3, 0.4) is 0 Å². The summed E-state index contributed by atoms with van der Waals surface area (Å²) < 4.78 is 23.6. The topological polar surface area (TPSA) is 343 Å². The van der Waals surface area contributed by atoms with Crippen molar-refractivity contribution in [1.29, 1.82) is 0 Å². The zero-order chi connectivity index (χ0) is 61.0. The van der Waals surface area contributed by atoms with Gasteiger partial charge in [-0.05, 0) is 115 Å². The third kappa shape index (κ3) is 19.5. The lowest BCUT2D eigenvalue weighted by atomic mass is 10.2. The average molecular weight is 1200 g/mol. The number of aliphatic carboxylic acids is 2. The van der Waals surface area contributed by atoms with Crippen molar-refractivity contribution in [3.05, 3.63) is 85.7 Å². The number of carbonyl (C=O) groups is 3. The predicted molar refractivity (Wildman–Crippen MR) is 323 cm³/mol. The monoisotopic (exact) mass is 1200 g/mol. The fourth-order valence-electron chi connectivity index (χ4n) is 9.56. The number of nitrogens with two attached hydrogens (primary N) is 1. The van der Waals surface area contributed by atoms with Crippen LogP contribution in [0.1, 0.15) is 59.3 Å². The minimum absolute atomic E-state index is 0.0682. The second-order valence-corrected chi connectivity index (χ2v) is 22.0. The zero-order valence-corrected chi connectivity index (χ0v) is 49.5. The zero-order valence-electron chi connectivity index (χ0n) is 49.5. The van der Waals surface area contributed by atoms with Gasteiger partial charge in [0, 0.05) is 97.2 Å². The van der Waals surface area contributed by atoms with Gasteiger partial charge in [-0.25, -0.2) is 14.8 Å². The number of rotatable bonds is 29. The fraction of sp³-hybridized carbons (Fsp3) is 0.491. The van der Waals surface area contributed by atoms with Crippen LogP contribution in [0, 0.1) is 0 Å². The summed E-state index contributed by atoms with van der Waals surface area (Å²) in [6.45, 7) is 21.3. The number of anilines is 4. The van der Waals surface area contributed by atoms with Crippen LogP contribution in [0.25, 0.3) is 33.7 Å². The summed E-state index contributed by atoms with van der Waals surface area (Å²) in [7, 11) is 0. The molecule has 0 saturated carbocycles. The van der Waals surface area contributed by atoms with E-state index in [9.17, 15) is 14.4 Å². The van der Waals surface area contributed by atoms with E-state index in [1.807, 2.05) is 66.8 Å². The molecular weight excluding hydrogens is 1120 g/mol. The first-order valence-corrected chi connectivity index (χ1v) is 29.4. The number of amides is 1. The molecule has 30 heteroatoms. The molecule has 87 heavy (non-hydrogen) atoms. The molecule has 7 N–H and O–H groups in total. The molecule has 1 amide bonds. The average Bonchev–Trinajstić information content (AvgIpc) is 2.95. The Morgan fingerprint density at radius 3 is 1.40 bits per heavy atom. The molecule has 0 atom stereocenters. The molecular formula is C57H78N22O8. The molecule has 2 fully saturated rings. The first-order valence-electron chi connectivity index (χ1n) is 29.4. The van der Waals surface area contributed by atoms with Gasteiger partial charge in [0.05, 0.1) is 73.8 Å². The van der Waals surface area contributed by atoms with Gasteiger partial charge in [0.2, 0.25) is 11.9 Å². The van der Waals surface area contributed by atoms with Gasteiger partial charge in [0.1, 0.15) is 17.1 Å². The highest BCUT2D eigenvalue weighted by Crippen LogP contribution is 2.23. The van der Waals surface area contributed by atoms with Crippen molar-refractivity contribution in [3.63, 3.8) is 0 Å². The number of benzene rings is 2. The second kappa shape index (κ2) is 30.9. The van der Waals surface area contributed by atoms with Gasteiger partial charge in [-0.3, -0.25) is 28.8 Å². The number of aromatic nitrogens is 14. The first kappa shape index (κ1) is 62.6. The van der Waals surface area contributed by atoms with E-state index in [0.717, 1.165) is 134 Å². The van der Waals surface area contributed by atoms with Crippen molar-refractivity contribution in [1.82, 2.24) is 94.4 Å². The number of carboxylic acids is 2. The molecule has 0 aliphatic carbocycles. The molecule has 30 nitrogen and oxygen atoms in total. The van der Waals surface area contributed by atoms with Crippen molar-refractivity contribution in [3.8, 4) is 22.9 Å². The summed E-state index contributed by atoms with van der Waals surface area (Å²) in [6, 6.07) is 14.6. The Kier molecular flexibility index (Phi) is 22.2. The summed E-state index contributed by atoms with van der Waals surface area (Å²) in [4.78, 5) is 61.0. The maximum atomic E-state index is 11.8. The van der Waals surface area contributed by atoms with Gasteiger partial charge >= 0.3 is 18.0 Å². The largest absolute Gasteiger partial charge is 0.494 e. The number of carbonyl (C=O) groups excluding carboxylic acids is 1. The SMILES string of the molecule is CC(C)(C)OC(=O)NCCCN1CCN(CCn2cc(Nc3ncc4nnn(-c5ccc(OCCCC(=O)O)cc5)c4n3)cn2)CC1.NCCCN1CCN(CCn2cc(Nc3ncc4nnn(-c5ccc(OCCCC(=O)O)cc5)c4n3)cn2)CC1. The van der Waals surface area contributed by atoms with Crippen LogP contribution in [0.15, 0.2) is 85.7 Å². The highest BCUT2D eigenvalue weighted by molar-refractivity contribution is 5.74. The van der Waals surface area contributed by atoms with Crippen molar-refractivity contribution < 1.29 is 38.8 Å². The van der Waals surface area contributed by atoms with Gasteiger partial charge in [-0.2, -0.15) is 29.5 Å². The lowest BCUT2D eigenvalue weighted by molar-refractivity contribution is -0.138. The molecule has 0 bridgehead atoms. The van der Waals surface area contributed by atoms with Crippen LogP contribution in [0.2, 0.25) is 0 Å². The third-order valence-corrected chi connectivity index (χ3v) is 14.2. The molecule has 0 spiro atoms. The van der Waals surface area contributed by atoms with Crippen molar-refractivity contribution >= 4 is 63.6 Å². The Balaban J connectivity index is 0.000000210. The smallest absolute Gasteiger partial charge is 0.407 e. The highest BCUT2D eigenvalue weighted by atomic mass is 16.6. The van der Waals surface area contributed by atoms with Gasteiger partial charge in [0.15, 0.2) is 22.3 Å². The second-order valence-electron chi connectivity index (χ2n) is 22.0. The lowest BCUT2D eigenvalue weighted by Crippen LogP contribution is -2.47. The fourth-order valence-corrected chi connectivity index (χ4v) is 9.56. The molecule has 8 aromatic rings. The molecule has 0 radical (unpaired) electrons. The maximum absolute atomic E-state index is 11.8. The van der Waals surface area contributed by atoms with Crippen LogP contribution in [-0.4, -0.2) is 228 Å². The van der Waals surface area contributed by atoms with Gasteiger partial charge in [0.25, 0.3) is 0 Å². The van der Waals surface area contributed by atoms with Crippen molar-refractivity contribution in [2.45, 2.75) is 78.0 Å². The summed E-state index contributed by atoms with van der Waals surface area (Å²) in [5.41, 5.74) is 10.5. The molecule has 8 heterocycles. The van der Waals surface area contributed by atoms with E-state index in [0.29, 0.717) is 78.3 Å². The molecule has 10 rings (SSSR count). The number of fused-ring (bicyclic) bond motifs is 2. The number of nitrogens with one attached hydrogen (secondary N) is 3. The molecule has 2 aliphatic rings. The summed E-state index contributed by atoms with van der Waals surface area (Å²) in [5, 5.41) is 52.6. The molecule has 464 valence electrons. The quantitative estimate of drug-likeness (QED) is 0.0356. The molecule has 2 saturated heterocycles. The van der Waals surface area contributed by atoms with Crippen molar-refractivity contribution in [2.24, 2.45) is 5.73 Å². The van der Waals surface area contributed by atoms with Crippen LogP contribution in [0.5, 0.6) is 11.5 Å². The molecule has 2 aromatic carbocycles. The number of carboxylic acid groups (broad SMARTS) is 2. The summed E-state index contributed by atoms with van der Waals surface area (Å²) in [5.74, 6) is 0.437. The molecule has 0 unspecified atom stereocenters. The van der Waals surface area contributed by atoms with E-state index < -0.39 is 17.5 Å². The minimum Gasteiger partial charge on any atom is -0.494 e. The molecule has 2 aliphatic heterocycles. The Bertz CT molecular complexity index is 3440. The number of piperazine rings is 2. The van der Waals surface area contributed by atoms with Crippen LogP contribution in [0.4, 0.5) is 28.1 Å². The van der Waals surface area contributed by atoms with Crippen LogP contribution in [-0.2, 0) is 27.4 Å². The van der Waals surface area contributed by atoms with E-state index in [4.69, 9.17) is 30.2 Å². The number of nitrogens with zero attached hydrogens (tertiary/aromatic N) is 18. The Morgan fingerprint density at radius 2 is 0.989 bits per heavy atom. The van der Waals surface area contributed by atoms with E-state index >= 15 is 0 Å². The number of hydrogen-bond acceptors (Lipinski definition) is 23. The Labute approximate surface area is 503 Å². The Hall–Kier alpha value is -8.97.